The molecule has 1 aromatic carbocycles. The van der Waals surface area contributed by atoms with Gasteiger partial charge in [0.05, 0.1) is 11.5 Å². The van der Waals surface area contributed by atoms with Gasteiger partial charge in [0.15, 0.2) is 0 Å². The maximum Gasteiger partial charge on any atom is 0.296 e. The summed E-state index contributed by atoms with van der Waals surface area (Å²) in [4.78, 5) is 0.224. The molecule has 0 amide bonds. The summed E-state index contributed by atoms with van der Waals surface area (Å²) in [5, 5.41) is 0. The van der Waals surface area contributed by atoms with E-state index in [1.54, 1.807) is 24.3 Å². The SMILES string of the molecule is Cc1ccc(S(=O)(=O)OCCCI)cc1. The first-order chi connectivity index (χ1) is 7.06. The van der Waals surface area contributed by atoms with Crippen LogP contribution in [0.15, 0.2) is 29.2 Å². The highest BCUT2D eigenvalue weighted by Gasteiger charge is 2.13. The molecule has 0 aliphatic rings. The van der Waals surface area contributed by atoms with Crippen LogP contribution < -0.4 is 0 Å². The average Bonchev–Trinajstić information content (AvgIpc) is 2.18. The van der Waals surface area contributed by atoms with Gasteiger partial charge in [-0.05, 0) is 25.5 Å². The van der Waals surface area contributed by atoms with Gasteiger partial charge in [-0.1, -0.05) is 40.3 Å². The van der Waals surface area contributed by atoms with Crippen LogP contribution in [0.3, 0.4) is 0 Å². The van der Waals surface area contributed by atoms with Gasteiger partial charge < -0.3 is 0 Å². The third-order valence-corrected chi connectivity index (χ3v) is 3.92. The summed E-state index contributed by atoms with van der Waals surface area (Å²) in [5.74, 6) is 0. The largest absolute Gasteiger partial charge is 0.296 e. The van der Waals surface area contributed by atoms with E-state index in [1.165, 1.54) is 0 Å². The van der Waals surface area contributed by atoms with Crippen LogP contribution in [0.2, 0.25) is 0 Å². The Hall–Kier alpha value is -0.140. The smallest absolute Gasteiger partial charge is 0.266 e. The van der Waals surface area contributed by atoms with E-state index in [9.17, 15) is 8.42 Å². The normalized spacial score (nSPS) is 11.6. The van der Waals surface area contributed by atoms with E-state index in [0.717, 1.165) is 16.4 Å². The average molecular weight is 340 g/mol. The van der Waals surface area contributed by atoms with E-state index in [0.29, 0.717) is 0 Å². The van der Waals surface area contributed by atoms with Crippen LogP contribution in [0.4, 0.5) is 0 Å². The molecule has 0 radical (unpaired) electrons. The highest BCUT2D eigenvalue weighted by Crippen LogP contribution is 2.13. The molecule has 1 aromatic rings. The van der Waals surface area contributed by atoms with Crippen molar-refractivity contribution < 1.29 is 12.6 Å². The summed E-state index contributed by atoms with van der Waals surface area (Å²) >= 11 is 2.18. The minimum atomic E-state index is -3.55. The molecule has 0 aromatic heterocycles. The second kappa shape index (κ2) is 5.81. The molecule has 0 bridgehead atoms. The Balaban J connectivity index is 2.73. The molecule has 0 fully saturated rings. The Morgan fingerprint density at radius 3 is 2.40 bits per heavy atom. The lowest BCUT2D eigenvalue weighted by Crippen LogP contribution is -2.07. The molecule has 1 rings (SSSR count). The zero-order valence-electron chi connectivity index (χ0n) is 8.44. The van der Waals surface area contributed by atoms with Gasteiger partial charge in [-0.25, -0.2) is 0 Å². The number of alkyl halides is 1. The third-order valence-electron chi connectivity index (χ3n) is 1.83. The second-order valence-electron chi connectivity index (χ2n) is 3.13. The third kappa shape index (κ3) is 4.08. The van der Waals surface area contributed by atoms with Gasteiger partial charge in [-0.15, -0.1) is 0 Å². The van der Waals surface area contributed by atoms with Gasteiger partial charge in [0.2, 0.25) is 0 Å². The van der Waals surface area contributed by atoms with Gasteiger partial charge in [0, 0.05) is 4.43 Å². The highest BCUT2D eigenvalue weighted by molar-refractivity contribution is 14.1. The van der Waals surface area contributed by atoms with Gasteiger partial charge in [0.1, 0.15) is 0 Å². The summed E-state index contributed by atoms with van der Waals surface area (Å²) in [7, 11) is -3.55. The summed E-state index contributed by atoms with van der Waals surface area (Å²) in [6.45, 7) is 2.16. The molecular weight excluding hydrogens is 327 g/mol. The number of rotatable bonds is 5. The lowest BCUT2D eigenvalue weighted by atomic mass is 10.2. The molecule has 0 unspecified atom stereocenters. The van der Waals surface area contributed by atoms with E-state index in [1.807, 2.05) is 6.92 Å². The maximum atomic E-state index is 11.6. The number of halogens is 1. The van der Waals surface area contributed by atoms with E-state index in [-0.39, 0.29) is 11.5 Å². The standard InChI is InChI=1S/C10H13IO3S/c1-9-3-5-10(6-4-9)15(12,13)14-8-2-7-11/h3-6H,2,7-8H2,1H3. The summed E-state index contributed by atoms with van der Waals surface area (Å²) in [5.41, 5.74) is 1.03. The van der Waals surface area contributed by atoms with Gasteiger partial charge in [0.25, 0.3) is 10.1 Å². The molecule has 0 N–H and O–H groups in total. The topological polar surface area (TPSA) is 43.4 Å². The first-order valence-electron chi connectivity index (χ1n) is 4.58. The Labute approximate surface area is 104 Å². The van der Waals surface area contributed by atoms with Gasteiger partial charge in [-0.3, -0.25) is 4.18 Å². The Bertz CT molecular complexity index is 397. The fraction of sp³-hybridized carbons (Fsp3) is 0.400. The lowest BCUT2D eigenvalue weighted by Gasteiger charge is -2.04. The van der Waals surface area contributed by atoms with Crippen LogP contribution in [0.5, 0.6) is 0 Å². The molecule has 0 saturated carbocycles. The van der Waals surface area contributed by atoms with E-state index in [2.05, 4.69) is 22.6 Å². The number of benzene rings is 1. The van der Waals surface area contributed by atoms with Crippen molar-refractivity contribution in [2.24, 2.45) is 0 Å². The molecule has 0 saturated heterocycles. The lowest BCUT2D eigenvalue weighted by molar-refractivity contribution is 0.320. The number of hydrogen-bond acceptors (Lipinski definition) is 3. The zero-order valence-corrected chi connectivity index (χ0v) is 11.4. The van der Waals surface area contributed by atoms with Crippen LogP contribution in [0, 0.1) is 6.92 Å². The summed E-state index contributed by atoms with van der Waals surface area (Å²) in [6.07, 6.45) is 0.742. The Morgan fingerprint density at radius 1 is 1.27 bits per heavy atom. The molecule has 15 heavy (non-hydrogen) atoms. The fourth-order valence-corrected chi connectivity index (χ4v) is 2.25. The Kier molecular flexibility index (Phi) is 5.01. The predicted molar refractivity (Wildman–Crippen MR) is 67.8 cm³/mol. The number of hydrogen-bond donors (Lipinski definition) is 0. The summed E-state index contributed by atoms with van der Waals surface area (Å²) in [6, 6.07) is 6.65. The van der Waals surface area contributed by atoms with Crippen molar-refractivity contribution in [2.75, 3.05) is 11.0 Å². The highest BCUT2D eigenvalue weighted by atomic mass is 127. The van der Waals surface area contributed by atoms with Crippen LogP contribution in [0.25, 0.3) is 0 Å². The van der Waals surface area contributed by atoms with Gasteiger partial charge in [-0.2, -0.15) is 8.42 Å². The van der Waals surface area contributed by atoms with E-state index in [4.69, 9.17) is 4.18 Å². The number of aryl methyl sites for hydroxylation is 1. The molecule has 0 heterocycles. The van der Waals surface area contributed by atoms with Crippen LogP contribution in [-0.2, 0) is 14.3 Å². The zero-order chi connectivity index (χ0) is 11.3. The maximum absolute atomic E-state index is 11.6. The van der Waals surface area contributed by atoms with Crippen molar-refractivity contribution in [3.8, 4) is 0 Å². The van der Waals surface area contributed by atoms with Crippen molar-refractivity contribution in [1.29, 1.82) is 0 Å². The molecule has 3 nitrogen and oxygen atoms in total. The van der Waals surface area contributed by atoms with E-state index < -0.39 is 10.1 Å². The molecule has 0 spiro atoms. The molecular formula is C10H13IO3S. The first-order valence-corrected chi connectivity index (χ1v) is 7.52. The van der Waals surface area contributed by atoms with Crippen molar-refractivity contribution in [2.45, 2.75) is 18.2 Å². The molecule has 84 valence electrons. The predicted octanol–water partition coefficient (Wildman–Crippen LogP) is 2.53. The molecule has 0 atom stereocenters. The van der Waals surface area contributed by atoms with Crippen molar-refractivity contribution in [1.82, 2.24) is 0 Å². The van der Waals surface area contributed by atoms with Crippen LogP contribution in [-0.4, -0.2) is 19.5 Å². The first kappa shape index (κ1) is 12.9. The summed E-state index contributed by atoms with van der Waals surface area (Å²) < 4.78 is 28.9. The van der Waals surface area contributed by atoms with Crippen molar-refractivity contribution >= 4 is 32.7 Å². The molecule has 5 heteroatoms. The van der Waals surface area contributed by atoms with Crippen LogP contribution >= 0.6 is 22.6 Å². The Morgan fingerprint density at radius 2 is 1.87 bits per heavy atom. The second-order valence-corrected chi connectivity index (χ2v) is 5.83. The quantitative estimate of drug-likeness (QED) is 0.358. The van der Waals surface area contributed by atoms with Crippen LogP contribution in [0.1, 0.15) is 12.0 Å². The van der Waals surface area contributed by atoms with Crippen molar-refractivity contribution in [3.63, 3.8) is 0 Å². The minimum Gasteiger partial charge on any atom is -0.266 e. The minimum absolute atomic E-state index is 0.224. The van der Waals surface area contributed by atoms with E-state index >= 15 is 0 Å². The molecule has 0 aliphatic carbocycles. The van der Waals surface area contributed by atoms with Gasteiger partial charge >= 0.3 is 0 Å². The molecule has 0 aliphatic heterocycles. The fourth-order valence-electron chi connectivity index (χ4n) is 0.996. The van der Waals surface area contributed by atoms with Crippen molar-refractivity contribution in [3.05, 3.63) is 29.8 Å². The monoisotopic (exact) mass is 340 g/mol.